The molecule has 4 N–H and O–H groups in total. The van der Waals surface area contributed by atoms with Crippen LogP contribution in [0.3, 0.4) is 0 Å². The summed E-state index contributed by atoms with van der Waals surface area (Å²) in [6.45, 7) is 1.53. The summed E-state index contributed by atoms with van der Waals surface area (Å²) in [6, 6.07) is 3.93. The van der Waals surface area contributed by atoms with Gasteiger partial charge in [0.2, 0.25) is 5.55 Å². The molecule has 4 heterocycles. The third-order valence-corrected chi connectivity index (χ3v) is 12.3. The molecule has 2 aliphatic rings. The fraction of sp³-hybridized carbons (Fsp3) is 0.300. The number of benzene rings is 1. The molecular weight excluding hydrogens is 785 g/mol. The first kappa shape index (κ1) is 38.7. The van der Waals surface area contributed by atoms with E-state index < -0.39 is 80.5 Å². The lowest BCUT2D eigenvalue weighted by atomic mass is 10.1. The van der Waals surface area contributed by atoms with E-state index in [1.807, 2.05) is 30.9 Å². The smallest absolute Gasteiger partial charge is 0.323 e. The molecule has 17 nitrogen and oxygen atoms in total. The Hall–Kier alpha value is -4.48. The minimum atomic E-state index is -4.15. The number of hydrogen-bond donors (Lipinski definition) is 4. The van der Waals surface area contributed by atoms with Crippen molar-refractivity contribution in [2.75, 3.05) is 23.7 Å². The number of oxazole rings is 1. The van der Waals surface area contributed by atoms with Crippen LogP contribution >= 0.6 is 47.1 Å². The second-order valence-corrected chi connectivity index (χ2v) is 16.7. The number of carbonyl (C=O) groups is 4. The standard InChI is InChI=1S/C30H28N4O13S5/c1-14-9-16-18(10-15(14)2)49-19(31(16)7-3-4-8-52(44,45)46)6-5-17-25(41)32(11-20(35)36)28(47-17)23-26(42)33(12-21(37)38)29(50-23)24-27(43)34(13-22(39)40)30(48)51-24/h5-6,9-10H,3-4,7-8,11-13H2,1-2H3,(H,35,36)(H,37,38)(H,39,40)(H,44,45,46)/b17-5-,19-6+,28-23+,29-24+. The van der Waals surface area contributed by atoms with E-state index >= 15 is 0 Å². The van der Waals surface area contributed by atoms with Crippen LogP contribution < -0.4 is 26.1 Å². The fourth-order valence-electron chi connectivity index (χ4n) is 5.18. The summed E-state index contributed by atoms with van der Waals surface area (Å²) in [4.78, 5) is 78.6. The predicted octanol–water partition coefficient (Wildman–Crippen LogP) is 0.693. The first-order chi connectivity index (χ1) is 24.4. The second kappa shape index (κ2) is 15.2. The molecule has 0 radical (unpaired) electrons. The Kier molecular flexibility index (Phi) is 11.4. The number of anilines is 1. The molecule has 1 amide bonds. The molecule has 2 aromatic heterocycles. The summed E-state index contributed by atoms with van der Waals surface area (Å²) in [5, 5.41) is 29.0. The third kappa shape index (κ3) is 8.26. The van der Waals surface area contributed by atoms with E-state index in [1.54, 1.807) is 0 Å². The minimum absolute atomic E-state index is 0.151. The molecule has 0 unspecified atom stereocenters. The van der Waals surface area contributed by atoms with Crippen molar-refractivity contribution in [3.63, 3.8) is 0 Å². The van der Waals surface area contributed by atoms with E-state index in [2.05, 4.69) is 0 Å². The highest BCUT2D eigenvalue weighted by atomic mass is 32.2. The van der Waals surface area contributed by atoms with Crippen LogP contribution in [0.1, 0.15) is 24.0 Å². The Bertz CT molecular complexity index is 2550. The Morgan fingerprint density at radius 3 is 2.13 bits per heavy atom. The largest absolute Gasteiger partial charge is 0.480 e. The number of amides is 1. The van der Waals surface area contributed by atoms with Crippen LogP contribution in [0.5, 0.6) is 0 Å². The fourth-order valence-corrected chi connectivity index (χ4v) is 9.46. The Balaban J connectivity index is 1.71. The number of rotatable bonds is 12. The number of carbonyl (C=O) groups excluding carboxylic acids is 1. The van der Waals surface area contributed by atoms with Gasteiger partial charge in [0.15, 0.2) is 9.95 Å². The molecule has 276 valence electrons. The zero-order valence-electron chi connectivity index (χ0n) is 27.1. The number of unbranched alkanes of at least 4 members (excludes halogenated alkanes) is 1. The molecule has 0 spiro atoms. The number of fused-ring (bicyclic) bond motifs is 1. The van der Waals surface area contributed by atoms with Gasteiger partial charge in [-0.3, -0.25) is 47.4 Å². The highest BCUT2D eigenvalue weighted by Gasteiger charge is 2.36. The molecule has 22 heteroatoms. The number of thiazole rings is 1. The molecular formula is C30H28N4O13S5. The van der Waals surface area contributed by atoms with Crippen LogP contribution in [0, 0.1) is 23.9 Å². The lowest BCUT2D eigenvalue weighted by Crippen LogP contribution is -2.35. The van der Waals surface area contributed by atoms with Gasteiger partial charge in [-0.25, -0.2) is 0 Å². The lowest BCUT2D eigenvalue weighted by molar-refractivity contribution is -0.140. The summed E-state index contributed by atoms with van der Waals surface area (Å²) >= 11 is 7.68. The quantitative estimate of drug-likeness (QED) is 0.112. The van der Waals surface area contributed by atoms with Crippen molar-refractivity contribution < 1.29 is 51.9 Å². The van der Waals surface area contributed by atoms with E-state index in [9.17, 15) is 52.5 Å². The number of aliphatic carboxylic acids is 3. The molecule has 0 saturated carbocycles. The number of allylic oxidation sites excluding steroid dienone is 1. The van der Waals surface area contributed by atoms with Crippen LogP contribution in [-0.4, -0.2) is 89.3 Å². The first-order valence-electron chi connectivity index (χ1n) is 15.0. The zero-order chi connectivity index (χ0) is 38.2. The van der Waals surface area contributed by atoms with Crippen LogP contribution in [0.4, 0.5) is 5.69 Å². The van der Waals surface area contributed by atoms with Crippen molar-refractivity contribution in [2.45, 2.75) is 44.7 Å². The van der Waals surface area contributed by atoms with Gasteiger partial charge in [0.1, 0.15) is 33.5 Å². The first-order valence-corrected chi connectivity index (χ1v) is 19.4. The number of hydrogen-bond acceptors (Lipinski definition) is 14. The highest BCUT2D eigenvalue weighted by molar-refractivity contribution is 8.30. The third-order valence-electron chi connectivity index (χ3n) is 7.67. The van der Waals surface area contributed by atoms with Gasteiger partial charge < -0.3 is 24.6 Å². The van der Waals surface area contributed by atoms with E-state index in [1.165, 1.54) is 23.9 Å². The molecule has 0 aliphatic carbocycles. The number of thioether (sulfide) groups is 2. The van der Waals surface area contributed by atoms with Gasteiger partial charge in [0.25, 0.3) is 27.1 Å². The van der Waals surface area contributed by atoms with Gasteiger partial charge in [-0.1, -0.05) is 35.7 Å². The topological polar surface area (TPSA) is 247 Å². The Morgan fingerprint density at radius 2 is 1.50 bits per heavy atom. The molecule has 2 aliphatic heterocycles. The van der Waals surface area contributed by atoms with Gasteiger partial charge in [-0.2, -0.15) is 8.42 Å². The minimum Gasteiger partial charge on any atom is -0.480 e. The number of aryl methyl sites for hydroxylation is 2. The zero-order valence-corrected chi connectivity index (χ0v) is 31.1. The van der Waals surface area contributed by atoms with Gasteiger partial charge in [-0.05, 0) is 62.1 Å². The average molecular weight is 813 g/mol. The molecule has 0 bridgehead atoms. The van der Waals surface area contributed by atoms with E-state index in [0.29, 0.717) is 45.7 Å². The van der Waals surface area contributed by atoms with Crippen molar-refractivity contribution >= 4 is 102 Å². The molecule has 1 aromatic carbocycles. The Morgan fingerprint density at radius 1 is 0.865 bits per heavy atom. The van der Waals surface area contributed by atoms with Gasteiger partial charge in [0.05, 0.1) is 16.5 Å². The van der Waals surface area contributed by atoms with Crippen LogP contribution in [-0.2, 0) is 42.4 Å². The van der Waals surface area contributed by atoms with Crippen LogP contribution in [0.2, 0.25) is 0 Å². The van der Waals surface area contributed by atoms with E-state index in [-0.39, 0.29) is 25.7 Å². The molecule has 5 rings (SSSR count). The monoisotopic (exact) mass is 812 g/mol. The van der Waals surface area contributed by atoms with Crippen molar-refractivity contribution in [2.24, 2.45) is 0 Å². The van der Waals surface area contributed by atoms with Gasteiger partial charge in [0, 0.05) is 11.4 Å². The van der Waals surface area contributed by atoms with Crippen LogP contribution in [0.15, 0.2) is 42.1 Å². The summed E-state index contributed by atoms with van der Waals surface area (Å²) in [7, 11) is -4.15. The molecule has 3 aromatic rings. The maximum absolute atomic E-state index is 13.7. The van der Waals surface area contributed by atoms with Crippen molar-refractivity contribution in [1.82, 2.24) is 14.0 Å². The second-order valence-electron chi connectivity index (χ2n) is 11.4. The summed E-state index contributed by atoms with van der Waals surface area (Å²) in [5.74, 6) is -5.62. The van der Waals surface area contributed by atoms with Crippen LogP contribution in [0.25, 0.3) is 11.0 Å². The SMILES string of the molecule is Cc1cc2c(cc1C)N(CCCCS(=O)(=O)O)/C(=C\C=c1/o/c(=c3/s/c(=C4/SC(=S)N(CC(=O)O)C4=O)n(CC(=O)O)c3=O)n(CC(=O)O)c1=O)S2. The predicted molar refractivity (Wildman–Crippen MR) is 194 cm³/mol. The number of carboxylic acids is 3. The van der Waals surface area contributed by atoms with Gasteiger partial charge >= 0.3 is 17.9 Å². The highest BCUT2D eigenvalue weighted by Crippen LogP contribution is 2.47. The lowest BCUT2D eigenvalue weighted by Gasteiger charge is -2.20. The van der Waals surface area contributed by atoms with E-state index in [0.717, 1.165) is 31.2 Å². The summed E-state index contributed by atoms with van der Waals surface area (Å²) in [6.07, 6.45) is 3.37. The van der Waals surface area contributed by atoms with Crippen molar-refractivity contribution in [3.05, 3.63) is 75.2 Å². The normalized spacial score (nSPS) is 17.4. The summed E-state index contributed by atoms with van der Waals surface area (Å²) < 4.78 is 38.1. The average Bonchev–Trinajstić information content (AvgIpc) is 3.72. The molecule has 52 heavy (non-hydrogen) atoms. The molecule has 0 atom stereocenters. The number of nitrogens with zero attached hydrogens (tertiary/aromatic N) is 4. The van der Waals surface area contributed by atoms with Crippen molar-refractivity contribution in [1.29, 1.82) is 0 Å². The maximum Gasteiger partial charge on any atom is 0.323 e. The van der Waals surface area contributed by atoms with E-state index in [4.69, 9.17) is 21.2 Å². The molecule has 1 saturated heterocycles. The number of carboxylic acid groups (broad SMARTS) is 3. The number of thiocarbonyl (C=S) groups is 1. The molecule has 1 fully saturated rings. The summed E-state index contributed by atoms with van der Waals surface area (Å²) in [5.41, 5.74) is -0.0196. The maximum atomic E-state index is 13.7. The Labute approximate surface area is 310 Å². The van der Waals surface area contributed by atoms with Gasteiger partial charge in [-0.15, -0.1) is 11.3 Å². The van der Waals surface area contributed by atoms with Crippen molar-refractivity contribution in [3.8, 4) is 0 Å². The number of aromatic nitrogens is 2.